The number of carbonyl (C=O) groups excluding carboxylic acids is 3. The van der Waals surface area contributed by atoms with Crippen LogP contribution in [0.25, 0.3) is 0 Å². The summed E-state index contributed by atoms with van der Waals surface area (Å²) >= 11 is 0. The predicted octanol–water partition coefficient (Wildman–Crippen LogP) is 3.97. The molecule has 1 fully saturated rings. The second-order valence-corrected chi connectivity index (χ2v) is 7.85. The van der Waals surface area contributed by atoms with E-state index < -0.39 is 36.0 Å². The monoisotopic (exact) mass is 499 g/mol. The molecule has 2 unspecified atom stereocenters. The van der Waals surface area contributed by atoms with Crippen LogP contribution in [0, 0.1) is 0 Å². The van der Waals surface area contributed by atoms with Gasteiger partial charge in [0.05, 0.1) is 5.69 Å². The summed E-state index contributed by atoms with van der Waals surface area (Å²) in [5.41, 5.74) is 6.46. The van der Waals surface area contributed by atoms with Gasteiger partial charge in [0.25, 0.3) is 11.8 Å². The van der Waals surface area contributed by atoms with Crippen LogP contribution >= 0.6 is 0 Å². The normalized spacial score (nSPS) is 16.3. The molecule has 1 aromatic heterocycles. The number of carbonyl (C=O) groups is 3. The van der Waals surface area contributed by atoms with Crippen LogP contribution in [0.3, 0.4) is 0 Å². The van der Waals surface area contributed by atoms with Gasteiger partial charge in [-0.25, -0.2) is 14.7 Å². The molecular formula is C24H20F3N5O4. The number of ether oxygens (including phenoxy) is 1. The molecule has 12 heteroatoms. The Morgan fingerprint density at radius 2 is 1.78 bits per heavy atom. The van der Waals surface area contributed by atoms with Gasteiger partial charge < -0.3 is 10.1 Å². The topological polar surface area (TPSA) is 113 Å². The van der Waals surface area contributed by atoms with Gasteiger partial charge in [0.1, 0.15) is 17.6 Å². The number of amides is 4. The molecular weight excluding hydrogens is 479 g/mol. The minimum atomic E-state index is -4.86. The zero-order valence-electron chi connectivity index (χ0n) is 18.7. The number of alkyl halides is 3. The third kappa shape index (κ3) is 5.54. The molecule has 2 atom stereocenters. The molecule has 0 spiro atoms. The van der Waals surface area contributed by atoms with Gasteiger partial charge in [-0.15, -0.1) is 13.2 Å². The van der Waals surface area contributed by atoms with E-state index in [4.69, 9.17) is 0 Å². The lowest BCUT2D eigenvalue weighted by Gasteiger charge is -2.19. The van der Waals surface area contributed by atoms with E-state index in [1.54, 1.807) is 49.4 Å². The Morgan fingerprint density at radius 1 is 1.08 bits per heavy atom. The molecule has 3 N–H and O–H groups in total. The van der Waals surface area contributed by atoms with Crippen LogP contribution in [-0.4, -0.2) is 35.2 Å². The van der Waals surface area contributed by atoms with E-state index in [1.165, 1.54) is 18.3 Å². The van der Waals surface area contributed by atoms with Crippen molar-refractivity contribution in [3.63, 3.8) is 0 Å². The Balaban J connectivity index is 1.43. The minimum Gasteiger partial charge on any atom is -0.406 e. The number of hydrazine groups is 1. The molecule has 4 amide bonds. The quantitative estimate of drug-likeness (QED) is 0.335. The number of aromatic nitrogens is 1. The number of nitrogens with zero attached hydrogens (tertiary/aromatic N) is 2. The van der Waals surface area contributed by atoms with Crippen molar-refractivity contribution in [3.05, 3.63) is 84.1 Å². The summed E-state index contributed by atoms with van der Waals surface area (Å²) in [6.45, 7) is 1.73. The van der Waals surface area contributed by atoms with Crippen molar-refractivity contribution >= 4 is 29.4 Å². The number of halogens is 3. The number of rotatable bonds is 7. The van der Waals surface area contributed by atoms with Gasteiger partial charge in [0.2, 0.25) is 0 Å². The molecule has 2 heterocycles. The standard InChI is InChI=1S/C24H20F3N5O4/c1-14(16-11-12-28-19(13-16)30-31-21(33)15-5-3-2-4-6-15)20-22(34)32(23(35)29-20)17-7-9-18(10-8-17)36-24(25,26)27/h2-14,20H,1H3,(H,28,30)(H,29,35)(H,31,33). The van der Waals surface area contributed by atoms with Crippen LogP contribution in [0.1, 0.15) is 28.8 Å². The van der Waals surface area contributed by atoms with E-state index in [0.717, 1.165) is 17.0 Å². The molecule has 0 saturated carbocycles. The van der Waals surface area contributed by atoms with Crippen molar-refractivity contribution in [3.8, 4) is 5.75 Å². The van der Waals surface area contributed by atoms with Crippen LogP contribution in [0.2, 0.25) is 0 Å². The Labute approximate surface area is 203 Å². The first-order chi connectivity index (χ1) is 17.1. The predicted molar refractivity (Wildman–Crippen MR) is 123 cm³/mol. The molecule has 3 aromatic rings. The number of anilines is 2. The van der Waals surface area contributed by atoms with E-state index >= 15 is 0 Å². The van der Waals surface area contributed by atoms with E-state index in [1.807, 2.05) is 0 Å². The number of benzene rings is 2. The molecule has 0 radical (unpaired) electrons. The molecule has 9 nitrogen and oxygen atoms in total. The number of hydrogen-bond donors (Lipinski definition) is 3. The van der Waals surface area contributed by atoms with Gasteiger partial charge in [0.15, 0.2) is 0 Å². The average molecular weight is 499 g/mol. The Hall–Kier alpha value is -4.61. The molecule has 4 rings (SSSR count). The highest BCUT2D eigenvalue weighted by Crippen LogP contribution is 2.30. The number of nitrogens with one attached hydrogen (secondary N) is 3. The average Bonchev–Trinajstić information content (AvgIpc) is 3.16. The van der Waals surface area contributed by atoms with Gasteiger partial charge in [-0.2, -0.15) is 0 Å². The Kier molecular flexibility index (Phi) is 6.77. The molecule has 36 heavy (non-hydrogen) atoms. The number of pyridine rings is 1. The highest BCUT2D eigenvalue weighted by atomic mass is 19.4. The summed E-state index contributed by atoms with van der Waals surface area (Å²) in [7, 11) is 0. The van der Waals surface area contributed by atoms with Crippen molar-refractivity contribution in [1.29, 1.82) is 0 Å². The first kappa shape index (κ1) is 24.5. The number of urea groups is 1. The maximum Gasteiger partial charge on any atom is 0.573 e. The van der Waals surface area contributed by atoms with Gasteiger partial charge in [0, 0.05) is 17.7 Å². The van der Waals surface area contributed by atoms with E-state index in [9.17, 15) is 27.6 Å². The van der Waals surface area contributed by atoms with Crippen LogP contribution in [0.5, 0.6) is 5.75 Å². The largest absolute Gasteiger partial charge is 0.573 e. The molecule has 0 bridgehead atoms. The van der Waals surface area contributed by atoms with E-state index in [0.29, 0.717) is 16.9 Å². The van der Waals surface area contributed by atoms with Gasteiger partial charge in [-0.3, -0.25) is 20.4 Å². The van der Waals surface area contributed by atoms with Crippen LogP contribution in [0.4, 0.5) is 29.5 Å². The van der Waals surface area contributed by atoms with E-state index in [-0.39, 0.29) is 11.6 Å². The summed E-state index contributed by atoms with van der Waals surface area (Å²) < 4.78 is 41.0. The van der Waals surface area contributed by atoms with Crippen molar-refractivity contribution in [2.75, 3.05) is 10.3 Å². The second-order valence-electron chi connectivity index (χ2n) is 7.85. The first-order valence-electron chi connectivity index (χ1n) is 10.7. The second kappa shape index (κ2) is 9.94. The van der Waals surface area contributed by atoms with Crippen molar-refractivity contribution < 1.29 is 32.3 Å². The molecule has 1 saturated heterocycles. The lowest BCUT2D eigenvalue weighted by atomic mass is 9.94. The molecule has 0 aliphatic carbocycles. The first-order valence-corrected chi connectivity index (χ1v) is 10.7. The van der Waals surface area contributed by atoms with Crippen molar-refractivity contribution in [1.82, 2.24) is 15.7 Å². The van der Waals surface area contributed by atoms with Crippen LogP contribution < -0.4 is 25.8 Å². The Morgan fingerprint density at radius 3 is 2.44 bits per heavy atom. The number of hydrogen-bond acceptors (Lipinski definition) is 6. The van der Waals surface area contributed by atoms with Gasteiger partial charge in [-0.05, 0) is 54.1 Å². The maximum atomic E-state index is 13.0. The smallest absolute Gasteiger partial charge is 0.406 e. The van der Waals surface area contributed by atoms with Gasteiger partial charge >= 0.3 is 12.4 Å². The van der Waals surface area contributed by atoms with Crippen molar-refractivity contribution in [2.24, 2.45) is 0 Å². The fraction of sp³-hybridized carbons (Fsp3) is 0.167. The van der Waals surface area contributed by atoms with Crippen LogP contribution in [0.15, 0.2) is 72.9 Å². The highest BCUT2D eigenvalue weighted by Gasteiger charge is 2.42. The third-order valence-corrected chi connectivity index (χ3v) is 5.45. The molecule has 186 valence electrons. The Bertz CT molecular complexity index is 1270. The van der Waals surface area contributed by atoms with E-state index in [2.05, 4.69) is 25.9 Å². The molecule has 1 aliphatic rings. The summed E-state index contributed by atoms with van der Waals surface area (Å²) in [5, 5.41) is 2.61. The minimum absolute atomic E-state index is 0.0995. The molecule has 1 aliphatic heterocycles. The third-order valence-electron chi connectivity index (χ3n) is 5.45. The fourth-order valence-corrected chi connectivity index (χ4v) is 3.65. The summed E-state index contributed by atoms with van der Waals surface area (Å²) in [5.74, 6) is -1.58. The SMILES string of the molecule is CC(c1ccnc(NNC(=O)c2ccccc2)c1)C1NC(=O)N(c2ccc(OC(F)(F)F)cc2)C1=O. The van der Waals surface area contributed by atoms with Crippen molar-refractivity contribution in [2.45, 2.75) is 25.2 Å². The summed E-state index contributed by atoms with van der Waals surface area (Å²) in [6, 6.07) is 14.6. The summed E-state index contributed by atoms with van der Waals surface area (Å²) in [6.07, 6.45) is -3.37. The zero-order valence-corrected chi connectivity index (χ0v) is 18.7. The lowest BCUT2D eigenvalue weighted by molar-refractivity contribution is -0.274. The molecule has 2 aromatic carbocycles. The number of imide groups is 1. The van der Waals surface area contributed by atoms with Gasteiger partial charge in [-0.1, -0.05) is 25.1 Å². The maximum absolute atomic E-state index is 13.0. The lowest BCUT2D eigenvalue weighted by Crippen LogP contribution is -2.35. The highest BCUT2D eigenvalue weighted by molar-refractivity contribution is 6.21. The summed E-state index contributed by atoms with van der Waals surface area (Å²) in [4.78, 5) is 42.8. The zero-order chi connectivity index (χ0) is 25.9. The fourth-order valence-electron chi connectivity index (χ4n) is 3.65. The van der Waals surface area contributed by atoms with Crippen LogP contribution in [-0.2, 0) is 4.79 Å².